The molecule has 0 aliphatic heterocycles. The van der Waals surface area contributed by atoms with Gasteiger partial charge in [-0.25, -0.2) is 4.98 Å². The lowest BCUT2D eigenvalue weighted by atomic mass is 10.2. The van der Waals surface area contributed by atoms with E-state index in [2.05, 4.69) is 20.5 Å². The number of methoxy groups -OCH3 is 2. The van der Waals surface area contributed by atoms with Crippen molar-refractivity contribution >= 4 is 5.91 Å². The molecule has 0 aliphatic carbocycles. The first-order valence-corrected chi connectivity index (χ1v) is 8.14. The molecule has 2 N–H and O–H groups in total. The minimum Gasteiger partial charge on any atom is -0.493 e. The minimum atomic E-state index is -0.143. The van der Waals surface area contributed by atoms with Gasteiger partial charge in [-0.15, -0.1) is 0 Å². The number of nitrogens with zero attached hydrogens (tertiary/aromatic N) is 2. The van der Waals surface area contributed by atoms with E-state index in [0.29, 0.717) is 29.7 Å². The Morgan fingerprint density at radius 2 is 1.85 bits per heavy atom. The minimum absolute atomic E-state index is 0.132. The Balaban J connectivity index is 1.57. The van der Waals surface area contributed by atoms with Crippen LogP contribution in [0.2, 0.25) is 0 Å². The second-order valence-electron chi connectivity index (χ2n) is 5.61. The van der Waals surface area contributed by atoms with Crippen LogP contribution >= 0.6 is 0 Å². The SMILES string of the molecule is COc1ccc(CNC(=O)Cc2nc(-c3ccccc3)n[nH]2)cc1OC. The monoisotopic (exact) mass is 352 g/mol. The summed E-state index contributed by atoms with van der Waals surface area (Å²) in [5, 5.41) is 9.82. The second-order valence-corrected chi connectivity index (χ2v) is 5.61. The molecule has 26 heavy (non-hydrogen) atoms. The van der Waals surface area contributed by atoms with E-state index in [9.17, 15) is 4.79 Å². The number of H-pyrrole nitrogens is 1. The van der Waals surface area contributed by atoms with Crippen molar-refractivity contribution in [2.75, 3.05) is 14.2 Å². The number of carbonyl (C=O) groups excluding carboxylic acids is 1. The highest BCUT2D eigenvalue weighted by Crippen LogP contribution is 2.27. The summed E-state index contributed by atoms with van der Waals surface area (Å²) in [6, 6.07) is 15.1. The summed E-state index contributed by atoms with van der Waals surface area (Å²) in [6.45, 7) is 0.388. The average molecular weight is 352 g/mol. The van der Waals surface area contributed by atoms with Crippen molar-refractivity contribution in [3.8, 4) is 22.9 Å². The lowest BCUT2D eigenvalue weighted by molar-refractivity contribution is -0.120. The smallest absolute Gasteiger partial charge is 0.227 e. The summed E-state index contributed by atoms with van der Waals surface area (Å²) in [5.74, 6) is 2.23. The summed E-state index contributed by atoms with van der Waals surface area (Å²) in [4.78, 5) is 16.5. The maximum Gasteiger partial charge on any atom is 0.227 e. The van der Waals surface area contributed by atoms with Crippen molar-refractivity contribution < 1.29 is 14.3 Å². The molecule has 0 atom stereocenters. The Hall–Kier alpha value is -3.35. The van der Waals surface area contributed by atoms with Gasteiger partial charge < -0.3 is 14.8 Å². The van der Waals surface area contributed by atoms with E-state index in [1.165, 1.54) is 0 Å². The third kappa shape index (κ3) is 4.18. The normalized spacial score (nSPS) is 10.4. The molecule has 1 aromatic heterocycles. The van der Waals surface area contributed by atoms with Crippen molar-refractivity contribution in [1.29, 1.82) is 0 Å². The Morgan fingerprint density at radius 1 is 1.08 bits per heavy atom. The summed E-state index contributed by atoms with van der Waals surface area (Å²) in [5.41, 5.74) is 1.82. The molecule has 7 nitrogen and oxygen atoms in total. The van der Waals surface area contributed by atoms with Crippen LogP contribution in [-0.4, -0.2) is 35.3 Å². The number of benzene rings is 2. The third-order valence-electron chi connectivity index (χ3n) is 3.83. The Morgan fingerprint density at radius 3 is 2.58 bits per heavy atom. The zero-order valence-electron chi connectivity index (χ0n) is 14.7. The molecular weight excluding hydrogens is 332 g/mol. The molecule has 0 spiro atoms. The van der Waals surface area contributed by atoms with Gasteiger partial charge in [0.1, 0.15) is 5.82 Å². The quantitative estimate of drug-likeness (QED) is 0.681. The van der Waals surface area contributed by atoms with E-state index in [4.69, 9.17) is 9.47 Å². The number of amides is 1. The fourth-order valence-electron chi connectivity index (χ4n) is 2.50. The molecule has 1 heterocycles. The van der Waals surface area contributed by atoms with Crippen LogP contribution in [0.25, 0.3) is 11.4 Å². The Bertz CT molecular complexity index is 878. The molecule has 0 aliphatic rings. The largest absolute Gasteiger partial charge is 0.493 e. The average Bonchev–Trinajstić information content (AvgIpc) is 3.15. The number of carbonyl (C=O) groups is 1. The zero-order valence-corrected chi connectivity index (χ0v) is 14.7. The Kier molecular flexibility index (Phi) is 5.48. The first kappa shape index (κ1) is 17.5. The van der Waals surface area contributed by atoms with Crippen LogP contribution in [0.15, 0.2) is 48.5 Å². The van der Waals surface area contributed by atoms with E-state index in [1.54, 1.807) is 14.2 Å². The predicted octanol–water partition coefficient (Wildman–Crippen LogP) is 2.35. The van der Waals surface area contributed by atoms with Crippen LogP contribution in [0.4, 0.5) is 0 Å². The number of aromatic nitrogens is 3. The number of nitrogens with one attached hydrogen (secondary N) is 2. The Labute approximate surface area is 151 Å². The van der Waals surface area contributed by atoms with Gasteiger partial charge in [0.05, 0.1) is 20.6 Å². The number of hydrogen-bond donors (Lipinski definition) is 2. The lowest BCUT2D eigenvalue weighted by Crippen LogP contribution is -2.25. The first-order chi connectivity index (χ1) is 12.7. The van der Waals surface area contributed by atoms with Gasteiger partial charge in [0.2, 0.25) is 5.91 Å². The van der Waals surface area contributed by atoms with Crippen LogP contribution in [-0.2, 0) is 17.8 Å². The van der Waals surface area contributed by atoms with Crippen LogP contribution in [0, 0.1) is 0 Å². The van der Waals surface area contributed by atoms with Crippen LogP contribution in [0.1, 0.15) is 11.4 Å². The maximum atomic E-state index is 12.2. The number of aromatic amines is 1. The molecule has 3 aromatic rings. The molecular formula is C19H20N4O3. The van der Waals surface area contributed by atoms with Gasteiger partial charge in [-0.2, -0.15) is 5.10 Å². The van der Waals surface area contributed by atoms with Crippen LogP contribution in [0.3, 0.4) is 0 Å². The highest BCUT2D eigenvalue weighted by Gasteiger charge is 2.10. The fraction of sp³-hybridized carbons (Fsp3) is 0.211. The van der Waals surface area contributed by atoms with Gasteiger partial charge in [-0.3, -0.25) is 9.89 Å². The lowest BCUT2D eigenvalue weighted by Gasteiger charge is -2.10. The van der Waals surface area contributed by atoms with Crippen LogP contribution < -0.4 is 14.8 Å². The fourth-order valence-corrected chi connectivity index (χ4v) is 2.50. The second kappa shape index (κ2) is 8.15. The highest BCUT2D eigenvalue weighted by molar-refractivity contribution is 5.77. The van der Waals surface area contributed by atoms with E-state index >= 15 is 0 Å². The van der Waals surface area contributed by atoms with E-state index in [1.807, 2.05) is 48.5 Å². The summed E-state index contributed by atoms with van der Waals surface area (Å²) >= 11 is 0. The topological polar surface area (TPSA) is 89.1 Å². The van der Waals surface area contributed by atoms with Crippen molar-refractivity contribution in [1.82, 2.24) is 20.5 Å². The summed E-state index contributed by atoms with van der Waals surface area (Å²) < 4.78 is 10.5. The summed E-state index contributed by atoms with van der Waals surface area (Å²) in [7, 11) is 3.16. The molecule has 3 rings (SSSR count). The van der Waals surface area contributed by atoms with Crippen LogP contribution in [0.5, 0.6) is 11.5 Å². The zero-order chi connectivity index (χ0) is 18.4. The highest BCUT2D eigenvalue weighted by atomic mass is 16.5. The number of hydrogen-bond acceptors (Lipinski definition) is 5. The van der Waals surface area contributed by atoms with Gasteiger partial charge in [-0.1, -0.05) is 36.4 Å². The maximum absolute atomic E-state index is 12.2. The molecule has 0 saturated carbocycles. The summed E-state index contributed by atoms with van der Waals surface area (Å²) in [6.07, 6.45) is 0.132. The third-order valence-corrected chi connectivity index (χ3v) is 3.83. The molecule has 0 saturated heterocycles. The van der Waals surface area contributed by atoms with Gasteiger partial charge in [0.15, 0.2) is 17.3 Å². The molecule has 0 unspecified atom stereocenters. The van der Waals surface area contributed by atoms with Gasteiger partial charge in [0.25, 0.3) is 0 Å². The molecule has 2 aromatic carbocycles. The van der Waals surface area contributed by atoms with Gasteiger partial charge >= 0.3 is 0 Å². The van der Waals surface area contributed by atoms with Gasteiger partial charge in [0, 0.05) is 12.1 Å². The number of rotatable bonds is 7. The molecule has 0 fully saturated rings. The first-order valence-electron chi connectivity index (χ1n) is 8.14. The van der Waals surface area contributed by atoms with Crippen molar-refractivity contribution in [2.45, 2.75) is 13.0 Å². The molecule has 1 amide bonds. The number of ether oxygens (including phenoxy) is 2. The molecule has 7 heteroatoms. The molecule has 134 valence electrons. The molecule has 0 radical (unpaired) electrons. The standard InChI is InChI=1S/C19H20N4O3/c1-25-15-9-8-13(10-16(15)26-2)12-20-18(24)11-17-21-19(23-22-17)14-6-4-3-5-7-14/h3-10H,11-12H2,1-2H3,(H,20,24)(H,21,22,23). The van der Waals surface area contributed by atoms with E-state index in [0.717, 1.165) is 11.1 Å². The van der Waals surface area contributed by atoms with Crippen molar-refractivity contribution in [2.24, 2.45) is 0 Å². The van der Waals surface area contributed by atoms with Crippen molar-refractivity contribution in [3.05, 3.63) is 59.9 Å². The van der Waals surface area contributed by atoms with E-state index < -0.39 is 0 Å². The van der Waals surface area contributed by atoms with E-state index in [-0.39, 0.29) is 12.3 Å². The predicted molar refractivity (Wildman–Crippen MR) is 96.9 cm³/mol. The molecule has 0 bridgehead atoms. The van der Waals surface area contributed by atoms with Crippen molar-refractivity contribution in [3.63, 3.8) is 0 Å². The van der Waals surface area contributed by atoms with Gasteiger partial charge in [-0.05, 0) is 17.7 Å².